The Morgan fingerprint density at radius 2 is 2.08 bits per heavy atom. The van der Waals surface area contributed by atoms with E-state index in [4.69, 9.17) is 16.7 Å². The monoisotopic (exact) mass is 237 g/mol. The van der Waals surface area contributed by atoms with E-state index in [1.807, 2.05) is 0 Å². The highest BCUT2D eigenvalue weighted by atomic mass is 35.5. The van der Waals surface area contributed by atoms with E-state index in [1.165, 1.54) is 6.92 Å². The Balaban J connectivity index is 0. The summed E-state index contributed by atoms with van der Waals surface area (Å²) in [4.78, 5) is 9.95. The fraction of sp³-hybridized carbons (Fsp3) is 0.750. The third kappa shape index (κ3) is 4.63. The average molecular weight is 238 g/mol. The van der Waals surface area contributed by atoms with Crippen molar-refractivity contribution in [1.29, 1.82) is 0 Å². The van der Waals surface area contributed by atoms with Crippen LogP contribution in [-0.2, 0) is 9.84 Å². The van der Waals surface area contributed by atoms with Gasteiger partial charge in [0, 0.05) is 0 Å². The summed E-state index contributed by atoms with van der Waals surface area (Å²) in [6.07, 6.45) is -1.38. The molecule has 0 rings (SSSR count). The molecule has 2 N–H and O–H groups in total. The van der Waals surface area contributed by atoms with Gasteiger partial charge in [0.05, 0.1) is 0 Å². The molecule has 0 heterocycles. The number of rotatable bonds is 3. The van der Waals surface area contributed by atoms with E-state index in [9.17, 15) is 13.2 Å². The van der Waals surface area contributed by atoms with Crippen LogP contribution in [0.4, 0.5) is 4.79 Å². The molecule has 0 radical (unpaired) electrons. The fourth-order valence-corrected chi connectivity index (χ4v) is 1.39. The molecule has 0 fully saturated rings. The lowest BCUT2D eigenvalue weighted by Crippen LogP contribution is -2.37. The molecule has 0 saturated carbocycles. The number of nitrogens with one attached hydrogen (secondary N) is 1. The predicted molar refractivity (Wildman–Crippen MR) is 47.5 cm³/mol. The zero-order valence-corrected chi connectivity index (χ0v) is 8.54. The summed E-state index contributed by atoms with van der Waals surface area (Å²) in [5.41, 5.74) is 0. The quantitative estimate of drug-likeness (QED) is 0.706. The summed E-state index contributed by atoms with van der Waals surface area (Å²) in [7, 11) is -3.52. The molecule has 0 aliphatic rings. The van der Waals surface area contributed by atoms with Crippen molar-refractivity contribution in [2.75, 3.05) is 5.21 Å². The summed E-state index contributed by atoms with van der Waals surface area (Å²) in [5, 5.41) is 8.16. The lowest BCUT2D eigenvalue weighted by Gasteiger charge is -2.09. The van der Waals surface area contributed by atoms with Gasteiger partial charge >= 0.3 is 6.09 Å². The number of halogens is 2. The van der Waals surface area contributed by atoms with Crippen LogP contribution in [0.25, 0.3) is 0 Å². The van der Waals surface area contributed by atoms with Gasteiger partial charge in [0.25, 0.3) is 0 Å². The minimum absolute atomic E-state index is 0. The maximum Gasteiger partial charge on any atom is 0.405 e. The maximum absolute atomic E-state index is 10.8. The lowest BCUT2D eigenvalue weighted by molar-refractivity contribution is 0.193. The molecule has 0 aromatic rings. The first-order chi connectivity index (χ1) is 4.90. The van der Waals surface area contributed by atoms with Crippen LogP contribution in [0, 0.1) is 0 Å². The van der Waals surface area contributed by atoms with Crippen molar-refractivity contribution < 1.29 is 18.3 Å². The molecule has 0 aromatic heterocycles. The van der Waals surface area contributed by atoms with Crippen LogP contribution in [0.1, 0.15) is 6.92 Å². The molecule has 74 valence electrons. The van der Waals surface area contributed by atoms with Gasteiger partial charge in [-0.05, 0) is 6.92 Å². The predicted octanol–water partition coefficient (Wildman–Crippen LogP) is 0.633. The van der Waals surface area contributed by atoms with E-state index in [1.54, 1.807) is 5.32 Å². The first-order valence-electron chi connectivity index (χ1n) is 2.67. The van der Waals surface area contributed by atoms with Gasteiger partial charge in [-0.15, -0.1) is 24.0 Å². The van der Waals surface area contributed by atoms with Crippen LogP contribution in [0.15, 0.2) is 0 Å². The topological polar surface area (TPSA) is 83.5 Å². The summed E-state index contributed by atoms with van der Waals surface area (Å²) in [5.74, 6) is 0. The average Bonchev–Trinajstić information content (AvgIpc) is 1.86. The van der Waals surface area contributed by atoms with Crippen molar-refractivity contribution in [3.05, 3.63) is 0 Å². The van der Waals surface area contributed by atoms with Gasteiger partial charge in [0.2, 0.25) is 0 Å². The van der Waals surface area contributed by atoms with Crippen molar-refractivity contribution in [2.45, 2.75) is 12.3 Å². The van der Waals surface area contributed by atoms with E-state index in [0.29, 0.717) is 0 Å². The second kappa shape index (κ2) is 5.45. The molecule has 12 heavy (non-hydrogen) atoms. The molecule has 1 amide bonds. The second-order valence-corrected chi connectivity index (χ2v) is 4.77. The Kier molecular flexibility index (Phi) is 6.50. The van der Waals surface area contributed by atoms with Crippen molar-refractivity contribution >= 4 is 39.9 Å². The van der Waals surface area contributed by atoms with Crippen LogP contribution < -0.4 is 5.32 Å². The highest BCUT2D eigenvalue weighted by Gasteiger charge is 2.20. The van der Waals surface area contributed by atoms with Gasteiger partial charge in [-0.3, -0.25) is 0 Å². The Morgan fingerprint density at radius 1 is 1.67 bits per heavy atom. The number of alkyl halides is 1. The minimum atomic E-state index is -3.52. The van der Waals surface area contributed by atoms with Crippen LogP contribution in [0.5, 0.6) is 0 Å². The Morgan fingerprint density at radius 3 is 2.33 bits per heavy atom. The second-order valence-electron chi connectivity index (χ2n) is 1.86. The van der Waals surface area contributed by atoms with E-state index in [0.717, 1.165) is 0 Å². The molecule has 8 heteroatoms. The maximum atomic E-state index is 10.8. The highest BCUT2D eigenvalue weighted by molar-refractivity contribution is 7.93. The molecular formula is C4H9Cl2NO4S. The van der Waals surface area contributed by atoms with E-state index in [-0.39, 0.29) is 12.4 Å². The molecule has 1 unspecified atom stereocenters. The summed E-state index contributed by atoms with van der Waals surface area (Å²) in [6.45, 7) is 1.21. The van der Waals surface area contributed by atoms with Crippen LogP contribution in [0.3, 0.4) is 0 Å². The molecule has 1 atom stereocenters. The summed E-state index contributed by atoms with van der Waals surface area (Å²) in [6, 6.07) is 0. The fourth-order valence-electron chi connectivity index (χ4n) is 0.358. The van der Waals surface area contributed by atoms with E-state index >= 15 is 0 Å². The number of sulfone groups is 1. The van der Waals surface area contributed by atoms with Gasteiger partial charge in [-0.1, -0.05) is 0 Å². The number of carboxylic acid groups (broad SMARTS) is 1. The van der Waals surface area contributed by atoms with Gasteiger partial charge < -0.3 is 10.4 Å². The number of hydrogen-bond acceptors (Lipinski definition) is 3. The van der Waals surface area contributed by atoms with Crippen molar-refractivity contribution in [3.8, 4) is 0 Å². The molecule has 0 spiro atoms. The number of carbonyl (C=O) groups is 1. The first-order valence-corrected chi connectivity index (χ1v) is 4.92. The lowest BCUT2D eigenvalue weighted by atomic mass is 10.7. The smallest absolute Gasteiger partial charge is 0.405 e. The largest absolute Gasteiger partial charge is 0.465 e. The molecule has 5 nitrogen and oxygen atoms in total. The zero-order valence-electron chi connectivity index (χ0n) is 6.15. The van der Waals surface area contributed by atoms with Crippen molar-refractivity contribution in [1.82, 2.24) is 5.32 Å². The normalized spacial score (nSPS) is 12.8. The Hall–Kier alpha value is -0.200. The van der Waals surface area contributed by atoms with Crippen molar-refractivity contribution in [2.24, 2.45) is 0 Å². The minimum Gasteiger partial charge on any atom is -0.465 e. The van der Waals surface area contributed by atoms with Gasteiger partial charge in [0.15, 0.2) is 9.84 Å². The molecule has 0 saturated heterocycles. The number of hydrogen-bond donors (Lipinski definition) is 2. The van der Waals surface area contributed by atoms with Crippen LogP contribution in [-0.4, -0.2) is 30.2 Å². The van der Waals surface area contributed by atoms with Crippen LogP contribution in [0.2, 0.25) is 0 Å². The third-order valence-corrected chi connectivity index (χ3v) is 3.43. The molecule has 0 aliphatic carbocycles. The SMILES string of the molecule is CC(NC(=O)O)S(=O)(=O)CCl.Cl. The standard InChI is InChI=1S/C4H8ClNO4S.ClH/c1-3(6-4(7)8)11(9,10)2-5;/h3,6H,2H2,1H3,(H,7,8);1H. The zero-order chi connectivity index (χ0) is 9.07. The van der Waals surface area contributed by atoms with E-state index in [2.05, 4.69) is 0 Å². The molecule has 0 aromatic carbocycles. The molecular weight excluding hydrogens is 229 g/mol. The van der Waals surface area contributed by atoms with Gasteiger partial charge in [-0.25, -0.2) is 13.2 Å². The Labute approximate surface area is 81.4 Å². The third-order valence-electron chi connectivity index (χ3n) is 1.02. The summed E-state index contributed by atoms with van der Waals surface area (Å²) < 4.78 is 21.6. The van der Waals surface area contributed by atoms with Crippen molar-refractivity contribution in [3.63, 3.8) is 0 Å². The van der Waals surface area contributed by atoms with Gasteiger partial charge in [0.1, 0.15) is 10.6 Å². The number of amides is 1. The van der Waals surface area contributed by atoms with Crippen LogP contribution >= 0.6 is 24.0 Å². The highest BCUT2D eigenvalue weighted by Crippen LogP contribution is 2.00. The molecule has 0 bridgehead atoms. The summed E-state index contributed by atoms with van der Waals surface area (Å²) >= 11 is 5.05. The van der Waals surface area contributed by atoms with E-state index < -0.39 is 26.5 Å². The Bertz CT molecular complexity index is 239. The van der Waals surface area contributed by atoms with Gasteiger partial charge in [-0.2, -0.15) is 0 Å². The molecule has 0 aliphatic heterocycles. The first kappa shape index (κ1) is 14.3.